The highest BCUT2D eigenvalue weighted by Crippen LogP contribution is 2.50. The van der Waals surface area contributed by atoms with E-state index in [2.05, 4.69) is 39.5 Å². The molecule has 0 N–H and O–H groups in total. The van der Waals surface area contributed by atoms with Crippen molar-refractivity contribution in [1.29, 1.82) is 0 Å². The Labute approximate surface area is 187 Å². The Morgan fingerprint density at radius 1 is 0.581 bits per heavy atom. The molecule has 8 nitrogen and oxygen atoms in total. The maximum absolute atomic E-state index is 12.1. The van der Waals surface area contributed by atoms with Crippen LogP contribution in [0.2, 0.25) is 0 Å². The van der Waals surface area contributed by atoms with Gasteiger partial charge in [-0.1, -0.05) is 54.7 Å². The molecule has 0 unspecified atom stereocenters. The fourth-order valence-corrected chi connectivity index (χ4v) is 3.67. The van der Waals surface area contributed by atoms with Crippen LogP contribution >= 0.6 is 15.6 Å². The molecule has 0 aliphatic carbocycles. The highest BCUT2D eigenvalue weighted by molar-refractivity contribution is 7.48. The fourth-order valence-electron chi connectivity index (χ4n) is 1.22. The number of phosphoric acid groups is 2. The highest BCUT2D eigenvalue weighted by Gasteiger charge is 2.27. The molecule has 0 aliphatic rings. The van der Waals surface area contributed by atoms with Crippen molar-refractivity contribution < 1.29 is 36.3 Å². The summed E-state index contributed by atoms with van der Waals surface area (Å²) < 4.78 is 53.8. The third-order valence-electron chi connectivity index (χ3n) is 2.46. The zero-order valence-corrected chi connectivity index (χ0v) is 20.7. The van der Waals surface area contributed by atoms with Crippen LogP contribution in [0.25, 0.3) is 0 Å². The molecule has 0 saturated carbocycles. The van der Waals surface area contributed by atoms with E-state index in [1.165, 1.54) is 18.2 Å². The molecule has 0 spiro atoms. The molecule has 0 rings (SSSR count). The van der Waals surface area contributed by atoms with Crippen molar-refractivity contribution in [3.63, 3.8) is 0 Å². The van der Waals surface area contributed by atoms with E-state index in [1.54, 1.807) is 20.8 Å². The second kappa shape index (κ2) is 18.3. The van der Waals surface area contributed by atoms with E-state index in [4.69, 9.17) is 27.1 Å². The summed E-state index contributed by atoms with van der Waals surface area (Å²) in [5, 5.41) is 0. The number of hydrogen-bond donors (Lipinski definition) is 0. The van der Waals surface area contributed by atoms with Gasteiger partial charge in [0.1, 0.15) is 0 Å². The van der Waals surface area contributed by atoms with E-state index in [9.17, 15) is 9.13 Å². The van der Waals surface area contributed by atoms with Crippen LogP contribution in [-0.4, -0.2) is 39.6 Å². The van der Waals surface area contributed by atoms with Gasteiger partial charge in [-0.3, -0.25) is 27.1 Å². The van der Waals surface area contributed by atoms with Gasteiger partial charge in [0.05, 0.1) is 39.6 Å². The molecule has 10 heteroatoms. The van der Waals surface area contributed by atoms with Crippen molar-refractivity contribution in [1.82, 2.24) is 0 Å². The summed E-state index contributed by atoms with van der Waals surface area (Å²) in [6.45, 7) is 27.2. The van der Waals surface area contributed by atoms with Crippen molar-refractivity contribution >= 4 is 15.6 Å². The molecule has 0 fully saturated rings. The van der Waals surface area contributed by atoms with E-state index in [0.717, 1.165) is 16.7 Å². The zero-order chi connectivity index (χ0) is 24.3. The van der Waals surface area contributed by atoms with Crippen LogP contribution in [-0.2, 0) is 36.3 Å². The largest absolute Gasteiger partial charge is 0.475 e. The summed E-state index contributed by atoms with van der Waals surface area (Å²) >= 11 is 0. The van der Waals surface area contributed by atoms with Gasteiger partial charge < -0.3 is 0 Å². The molecule has 0 saturated heterocycles. The van der Waals surface area contributed by atoms with Crippen LogP contribution < -0.4 is 0 Å². The lowest BCUT2D eigenvalue weighted by molar-refractivity contribution is 0.135. The van der Waals surface area contributed by atoms with Crippen LogP contribution in [0.5, 0.6) is 0 Å². The molecule has 0 aliphatic heterocycles. The van der Waals surface area contributed by atoms with Gasteiger partial charge >= 0.3 is 15.6 Å². The lowest BCUT2D eigenvalue weighted by atomic mass is 10.4. The summed E-state index contributed by atoms with van der Waals surface area (Å²) in [5.41, 5.74) is 2.22. The topological polar surface area (TPSA) is 89.5 Å². The van der Waals surface area contributed by atoms with Gasteiger partial charge in [0.2, 0.25) is 0 Å². The lowest BCUT2D eigenvalue weighted by Crippen LogP contribution is -2.04. The van der Waals surface area contributed by atoms with Gasteiger partial charge in [0.25, 0.3) is 0 Å². The third-order valence-corrected chi connectivity index (χ3v) is 5.19. The summed E-state index contributed by atoms with van der Waals surface area (Å²) in [4.78, 5) is 0. The molecular formula is C21H36O8P2. The van der Waals surface area contributed by atoms with E-state index in [-0.39, 0.29) is 39.6 Å². The summed E-state index contributed by atoms with van der Waals surface area (Å²) in [5.74, 6) is 0. The van der Waals surface area contributed by atoms with Gasteiger partial charge in [0, 0.05) is 0 Å². The second-order valence-electron chi connectivity index (χ2n) is 6.34. The number of rotatable bonds is 18. The number of phosphoric ester groups is 2. The van der Waals surface area contributed by atoms with Crippen molar-refractivity contribution in [2.75, 3.05) is 39.6 Å². The molecule has 0 atom stereocenters. The van der Waals surface area contributed by atoms with E-state index < -0.39 is 15.6 Å². The molecule has 0 aromatic heterocycles. The van der Waals surface area contributed by atoms with Gasteiger partial charge in [-0.05, 0) is 20.8 Å². The predicted octanol–water partition coefficient (Wildman–Crippen LogP) is 6.57. The lowest BCUT2D eigenvalue weighted by Gasteiger charge is -2.18. The SMILES string of the molecule is C=C(C)COP(=O)(OCC(=C)C)OCC(=C)C.C=CCOP(=O)(OCC=C)OCC=C. The fraction of sp³-hybridized carbons (Fsp3) is 0.429. The van der Waals surface area contributed by atoms with E-state index in [1.807, 2.05) is 0 Å². The maximum Gasteiger partial charge on any atom is 0.475 e. The van der Waals surface area contributed by atoms with Gasteiger partial charge in [0.15, 0.2) is 0 Å². The monoisotopic (exact) mass is 478 g/mol. The third kappa shape index (κ3) is 20.3. The molecule has 31 heavy (non-hydrogen) atoms. The maximum atomic E-state index is 12.1. The normalized spacial score (nSPS) is 11.1. The molecule has 0 heterocycles. The van der Waals surface area contributed by atoms with Gasteiger partial charge in [-0.15, -0.1) is 19.7 Å². The van der Waals surface area contributed by atoms with E-state index in [0.29, 0.717) is 0 Å². The van der Waals surface area contributed by atoms with Crippen LogP contribution in [0.3, 0.4) is 0 Å². The standard InChI is InChI=1S/C12H21O4P.C9H15O4P/c1-10(2)7-14-17(13,15-8-11(3)4)16-9-12(5)6;1-4-7-11-14(10,12-8-5-2)13-9-6-3/h1,3,5,7-9H2,2,4,6H3;4-6H,1-3,7-9H2. The Morgan fingerprint density at radius 2 is 0.806 bits per heavy atom. The second-order valence-corrected chi connectivity index (χ2v) is 9.68. The van der Waals surface area contributed by atoms with Crippen molar-refractivity contribution in [2.24, 2.45) is 0 Å². The minimum Gasteiger partial charge on any atom is -0.283 e. The Balaban J connectivity index is 0. The van der Waals surface area contributed by atoms with Gasteiger partial charge in [-0.2, -0.15) is 0 Å². The van der Waals surface area contributed by atoms with Crippen molar-refractivity contribution in [2.45, 2.75) is 20.8 Å². The Hall–Kier alpha value is -1.34. The minimum absolute atomic E-state index is 0.103. The average molecular weight is 478 g/mol. The first-order valence-corrected chi connectivity index (χ1v) is 12.2. The first-order chi connectivity index (χ1) is 14.4. The molecule has 0 aromatic carbocycles. The molecule has 0 radical (unpaired) electrons. The van der Waals surface area contributed by atoms with Crippen molar-refractivity contribution in [3.05, 3.63) is 74.4 Å². The zero-order valence-electron chi connectivity index (χ0n) is 18.9. The molecule has 0 aromatic rings. The van der Waals surface area contributed by atoms with E-state index >= 15 is 0 Å². The Bertz CT molecular complexity index is 609. The first kappa shape index (κ1) is 31.8. The smallest absolute Gasteiger partial charge is 0.283 e. The van der Waals surface area contributed by atoms with Gasteiger partial charge in [-0.25, -0.2) is 9.13 Å². The predicted molar refractivity (Wildman–Crippen MR) is 126 cm³/mol. The summed E-state index contributed by atoms with van der Waals surface area (Å²) in [7, 11) is -7.05. The summed E-state index contributed by atoms with van der Waals surface area (Å²) in [6.07, 6.45) is 4.38. The first-order valence-electron chi connectivity index (χ1n) is 9.26. The van der Waals surface area contributed by atoms with Crippen LogP contribution in [0.1, 0.15) is 20.8 Å². The molecule has 178 valence electrons. The minimum atomic E-state index is -3.56. The number of hydrogen-bond acceptors (Lipinski definition) is 8. The molecular weight excluding hydrogens is 442 g/mol. The van der Waals surface area contributed by atoms with Crippen LogP contribution in [0.15, 0.2) is 74.4 Å². The average Bonchev–Trinajstić information content (AvgIpc) is 2.71. The van der Waals surface area contributed by atoms with Crippen molar-refractivity contribution in [3.8, 4) is 0 Å². The Morgan fingerprint density at radius 3 is 1.00 bits per heavy atom. The summed E-state index contributed by atoms with van der Waals surface area (Å²) in [6, 6.07) is 0. The Kier molecular flexibility index (Phi) is 18.7. The molecule has 0 amide bonds. The quantitative estimate of drug-likeness (QED) is 0.161. The highest BCUT2D eigenvalue weighted by atomic mass is 31.2. The van der Waals surface area contributed by atoms with Crippen LogP contribution in [0.4, 0.5) is 0 Å². The van der Waals surface area contributed by atoms with Crippen LogP contribution in [0, 0.1) is 0 Å². The molecule has 0 bridgehead atoms.